The first-order valence-electron chi connectivity index (χ1n) is 9.95. The van der Waals surface area contributed by atoms with Crippen molar-refractivity contribution in [3.63, 3.8) is 0 Å². The number of fused-ring (bicyclic) bond motifs is 1. The highest BCUT2D eigenvalue weighted by atomic mass is 19.4. The number of hydrogen-bond donors (Lipinski definition) is 3. The van der Waals surface area contributed by atoms with Gasteiger partial charge in [-0.05, 0) is 42.3 Å². The maximum atomic E-state index is 12.3. The van der Waals surface area contributed by atoms with Gasteiger partial charge in [0.2, 0.25) is 5.75 Å². The number of benzene rings is 2. The van der Waals surface area contributed by atoms with Crippen molar-refractivity contribution >= 4 is 29.0 Å². The van der Waals surface area contributed by atoms with Gasteiger partial charge in [-0.3, -0.25) is 0 Å². The van der Waals surface area contributed by atoms with Gasteiger partial charge >= 0.3 is 18.3 Å². The van der Waals surface area contributed by atoms with Gasteiger partial charge in [-0.25, -0.2) is 9.59 Å². The second kappa shape index (κ2) is 11.6. The number of hydrogen-bond acceptors (Lipinski definition) is 6. The van der Waals surface area contributed by atoms with Gasteiger partial charge in [-0.1, -0.05) is 25.6 Å². The van der Waals surface area contributed by atoms with E-state index >= 15 is 0 Å². The highest BCUT2D eigenvalue weighted by Gasteiger charge is 2.31. The first-order chi connectivity index (χ1) is 16.4. The summed E-state index contributed by atoms with van der Waals surface area (Å²) < 4.78 is 51.5. The van der Waals surface area contributed by atoms with E-state index in [1.54, 1.807) is 19.1 Å². The van der Waals surface area contributed by atoms with Crippen LogP contribution in [0, 0.1) is 0 Å². The van der Waals surface area contributed by atoms with E-state index < -0.39 is 18.3 Å². The molecule has 0 fully saturated rings. The fraction of sp³-hybridized carbons (Fsp3) is 0.167. The number of aliphatic carboxylic acids is 2. The number of aromatic hydroxyl groups is 1. The van der Waals surface area contributed by atoms with Crippen molar-refractivity contribution < 1.29 is 52.0 Å². The maximum Gasteiger partial charge on any atom is 0.573 e. The Hall–Kier alpha value is -4.41. The standard InChI is InChI=1S/C21H17F3O6.C3H4O2/c1-2-13(20(26)27)9-15-10-14-7-8-28-18(14)17(25)19(15)29-11-12-3-5-16(6-4-12)30-21(22,23)24;1-2-3(4)5/h3-10,25H,2,11H2,1H3,(H,26,27);2H,1H2,(H,4,5). The number of carboxylic acids is 2. The molecule has 35 heavy (non-hydrogen) atoms. The zero-order valence-corrected chi connectivity index (χ0v) is 18.3. The maximum absolute atomic E-state index is 12.3. The summed E-state index contributed by atoms with van der Waals surface area (Å²) in [4.78, 5) is 20.6. The molecule has 1 heterocycles. The van der Waals surface area contributed by atoms with E-state index in [0.717, 1.165) is 18.2 Å². The first-order valence-corrected chi connectivity index (χ1v) is 9.95. The summed E-state index contributed by atoms with van der Waals surface area (Å²) >= 11 is 0. The number of carboxylic acid groups (broad SMARTS) is 2. The number of alkyl halides is 3. The molecule has 11 heteroatoms. The average Bonchev–Trinajstić information content (AvgIpc) is 3.26. The number of halogens is 3. The number of furan rings is 1. The molecule has 0 radical (unpaired) electrons. The van der Waals surface area contributed by atoms with E-state index in [-0.39, 0.29) is 41.4 Å². The molecule has 3 rings (SSSR count). The minimum Gasteiger partial charge on any atom is -0.502 e. The topological polar surface area (TPSA) is 126 Å². The van der Waals surface area contributed by atoms with Crippen LogP contribution in [0.3, 0.4) is 0 Å². The second-order valence-electron chi connectivity index (χ2n) is 6.83. The van der Waals surface area contributed by atoms with Gasteiger partial charge in [-0.15, -0.1) is 13.2 Å². The van der Waals surface area contributed by atoms with E-state index in [1.165, 1.54) is 24.5 Å². The van der Waals surface area contributed by atoms with Crippen molar-refractivity contribution in [2.75, 3.05) is 0 Å². The molecular weight excluding hydrogens is 473 g/mol. The van der Waals surface area contributed by atoms with Gasteiger partial charge in [0.25, 0.3) is 0 Å². The molecule has 3 N–H and O–H groups in total. The number of rotatable bonds is 8. The zero-order valence-electron chi connectivity index (χ0n) is 18.3. The summed E-state index contributed by atoms with van der Waals surface area (Å²) in [6.45, 7) is 4.55. The van der Waals surface area contributed by atoms with Crippen molar-refractivity contribution in [1.29, 1.82) is 0 Å². The van der Waals surface area contributed by atoms with Crippen molar-refractivity contribution in [1.82, 2.24) is 0 Å². The molecule has 2 aromatic carbocycles. The molecule has 0 unspecified atom stereocenters. The predicted octanol–water partition coefficient (Wildman–Crippen LogP) is 5.75. The third-order valence-electron chi connectivity index (χ3n) is 4.40. The Bertz CT molecular complexity index is 1220. The van der Waals surface area contributed by atoms with Crippen molar-refractivity contribution in [2.24, 2.45) is 0 Å². The van der Waals surface area contributed by atoms with E-state index in [4.69, 9.17) is 14.3 Å². The third kappa shape index (κ3) is 7.84. The van der Waals surface area contributed by atoms with Crippen LogP contribution in [0.15, 0.2) is 65.3 Å². The lowest BCUT2D eigenvalue weighted by atomic mass is 10.1. The SMILES string of the molecule is C=CC(=O)O.CCC(=Cc1cc2ccoc2c(O)c1OCc1ccc(OC(F)(F)F)cc1)C(=O)O. The lowest BCUT2D eigenvalue weighted by Crippen LogP contribution is -2.17. The van der Waals surface area contributed by atoms with E-state index in [0.29, 0.717) is 16.5 Å². The minimum atomic E-state index is -4.79. The Labute approximate surface area is 197 Å². The molecule has 0 aliphatic heterocycles. The van der Waals surface area contributed by atoms with E-state index in [9.17, 15) is 33.0 Å². The summed E-state index contributed by atoms with van der Waals surface area (Å²) in [6.07, 6.45) is -0.937. The van der Waals surface area contributed by atoms with Gasteiger partial charge in [0.15, 0.2) is 11.3 Å². The lowest BCUT2D eigenvalue weighted by molar-refractivity contribution is -0.274. The highest BCUT2D eigenvalue weighted by molar-refractivity contribution is 5.95. The Morgan fingerprint density at radius 2 is 1.77 bits per heavy atom. The Morgan fingerprint density at radius 1 is 1.14 bits per heavy atom. The average molecular weight is 494 g/mol. The van der Waals surface area contributed by atoms with Crippen LogP contribution in [-0.4, -0.2) is 33.6 Å². The Morgan fingerprint density at radius 3 is 2.29 bits per heavy atom. The van der Waals surface area contributed by atoms with Gasteiger partial charge in [-0.2, -0.15) is 0 Å². The number of phenols is 1. The molecular formula is C24H21F3O8. The highest BCUT2D eigenvalue weighted by Crippen LogP contribution is 2.40. The predicted molar refractivity (Wildman–Crippen MR) is 119 cm³/mol. The van der Waals surface area contributed by atoms with E-state index in [2.05, 4.69) is 11.3 Å². The monoisotopic (exact) mass is 494 g/mol. The first kappa shape index (κ1) is 26.8. The molecule has 1 aromatic heterocycles. The molecule has 8 nitrogen and oxygen atoms in total. The smallest absolute Gasteiger partial charge is 0.502 e. The molecule has 186 valence electrons. The Balaban J connectivity index is 0.000000784. The minimum absolute atomic E-state index is 0.000248. The van der Waals surface area contributed by atoms with Crippen LogP contribution < -0.4 is 9.47 Å². The van der Waals surface area contributed by atoms with Crippen LogP contribution in [0.2, 0.25) is 0 Å². The molecule has 0 saturated carbocycles. The molecule has 0 aliphatic rings. The zero-order chi connectivity index (χ0) is 26.2. The molecule has 0 atom stereocenters. The van der Waals surface area contributed by atoms with Crippen LogP contribution in [0.1, 0.15) is 24.5 Å². The van der Waals surface area contributed by atoms with Crippen molar-refractivity contribution in [3.05, 3.63) is 72.0 Å². The van der Waals surface area contributed by atoms with Crippen LogP contribution >= 0.6 is 0 Å². The Kier molecular flexibility index (Phi) is 8.92. The fourth-order valence-electron chi connectivity index (χ4n) is 2.80. The van der Waals surface area contributed by atoms with Crippen LogP contribution in [-0.2, 0) is 16.2 Å². The van der Waals surface area contributed by atoms with Gasteiger partial charge in [0.1, 0.15) is 12.4 Å². The van der Waals surface area contributed by atoms with Crippen LogP contribution in [0.4, 0.5) is 13.2 Å². The fourth-order valence-corrected chi connectivity index (χ4v) is 2.80. The van der Waals surface area contributed by atoms with Gasteiger partial charge < -0.3 is 29.2 Å². The quantitative estimate of drug-likeness (QED) is 0.338. The summed E-state index contributed by atoms with van der Waals surface area (Å²) in [5.41, 5.74) is 1.12. The second-order valence-corrected chi connectivity index (χ2v) is 6.83. The van der Waals surface area contributed by atoms with Crippen LogP contribution in [0.5, 0.6) is 17.2 Å². The largest absolute Gasteiger partial charge is 0.573 e. The molecule has 0 saturated heterocycles. The molecule has 0 bridgehead atoms. The summed E-state index contributed by atoms with van der Waals surface area (Å²) in [5.74, 6) is -2.76. The molecule has 0 spiro atoms. The number of phenolic OH excluding ortho intramolecular Hbond substituents is 1. The summed E-state index contributed by atoms with van der Waals surface area (Å²) in [7, 11) is 0. The normalized spacial score (nSPS) is 11.4. The summed E-state index contributed by atoms with van der Waals surface area (Å²) in [5, 5.41) is 28.0. The molecule has 0 aliphatic carbocycles. The van der Waals surface area contributed by atoms with E-state index in [1.807, 2.05) is 0 Å². The van der Waals surface area contributed by atoms with Crippen molar-refractivity contribution in [3.8, 4) is 17.2 Å². The summed E-state index contributed by atoms with van der Waals surface area (Å²) in [6, 6.07) is 8.28. The number of carbonyl (C=O) groups is 2. The third-order valence-corrected chi connectivity index (χ3v) is 4.40. The van der Waals surface area contributed by atoms with Gasteiger partial charge in [0.05, 0.1) is 6.26 Å². The van der Waals surface area contributed by atoms with Crippen LogP contribution in [0.25, 0.3) is 17.0 Å². The van der Waals surface area contributed by atoms with Crippen molar-refractivity contribution in [2.45, 2.75) is 26.3 Å². The lowest BCUT2D eigenvalue weighted by Gasteiger charge is -2.13. The molecule has 0 amide bonds. The molecule has 3 aromatic rings. The van der Waals surface area contributed by atoms with Gasteiger partial charge in [0, 0.05) is 22.6 Å². The number of ether oxygens (including phenoxy) is 2.